The van der Waals surface area contributed by atoms with Gasteiger partial charge >= 0.3 is 5.97 Å². The van der Waals surface area contributed by atoms with Crippen LogP contribution in [0.4, 0.5) is 0 Å². The van der Waals surface area contributed by atoms with Crippen molar-refractivity contribution in [3.05, 3.63) is 34.9 Å². The molecule has 98 valence electrons. The molecule has 1 atom stereocenters. The average molecular weight is 269 g/mol. The van der Waals surface area contributed by atoms with Crippen LogP contribution in [0, 0.1) is 0 Å². The maximum Gasteiger partial charge on any atom is 0.313 e. The first-order valence-electron chi connectivity index (χ1n) is 6.23. The van der Waals surface area contributed by atoms with E-state index in [2.05, 4.69) is 0 Å². The number of aliphatic carboxylic acids is 1. The molecule has 0 saturated heterocycles. The molecular formula is C14H17ClO3. The van der Waals surface area contributed by atoms with Gasteiger partial charge in [0.2, 0.25) is 0 Å². The van der Waals surface area contributed by atoms with Crippen molar-refractivity contribution in [2.75, 3.05) is 0 Å². The largest absolute Gasteiger partial charge is 0.481 e. The van der Waals surface area contributed by atoms with E-state index in [-0.39, 0.29) is 0 Å². The van der Waals surface area contributed by atoms with Gasteiger partial charge in [-0.1, -0.05) is 43.0 Å². The molecular weight excluding hydrogens is 252 g/mol. The summed E-state index contributed by atoms with van der Waals surface area (Å²) in [6.07, 6.45) is 3.93. The molecule has 1 aromatic carbocycles. The Labute approximate surface area is 111 Å². The summed E-state index contributed by atoms with van der Waals surface area (Å²) >= 11 is 5.81. The van der Waals surface area contributed by atoms with Gasteiger partial charge in [0.25, 0.3) is 0 Å². The summed E-state index contributed by atoms with van der Waals surface area (Å²) in [6.45, 7) is 0. The molecule has 1 aliphatic rings. The Kier molecular flexibility index (Phi) is 3.93. The van der Waals surface area contributed by atoms with E-state index in [9.17, 15) is 15.0 Å². The number of carboxylic acids is 1. The van der Waals surface area contributed by atoms with Crippen LogP contribution < -0.4 is 0 Å². The van der Waals surface area contributed by atoms with Crippen molar-refractivity contribution in [2.24, 2.45) is 0 Å². The van der Waals surface area contributed by atoms with Crippen LogP contribution in [-0.4, -0.2) is 21.8 Å². The third-order valence-corrected chi connectivity index (χ3v) is 3.96. The van der Waals surface area contributed by atoms with Crippen molar-refractivity contribution in [2.45, 2.75) is 43.6 Å². The highest BCUT2D eigenvalue weighted by molar-refractivity contribution is 6.30. The minimum Gasteiger partial charge on any atom is -0.481 e. The summed E-state index contributed by atoms with van der Waals surface area (Å²) in [7, 11) is 0. The minimum absolute atomic E-state index is 0.548. The van der Waals surface area contributed by atoms with Gasteiger partial charge in [0.1, 0.15) is 5.92 Å². The van der Waals surface area contributed by atoms with E-state index in [1.54, 1.807) is 24.3 Å². The van der Waals surface area contributed by atoms with Crippen molar-refractivity contribution in [1.82, 2.24) is 0 Å². The molecule has 2 rings (SSSR count). The molecule has 2 N–H and O–H groups in total. The maximum atomic E-state index is 11.5. The standard InChI is InChI=1S/C14H17ClO3/c15-11-6-4-10(5-7-11)12(13(16)17)14(18)8-2-1-3-9-14/h4-7,12,18H,1-3,8-9H2,(H,16,17). The van der Waals surface area contributed by atoms with Gasteiger partial charge in [-0.25, -0.2) is 0 Å². The van der Waals surface area contributed by atoms with Crippen LogP contribution in [0.2, 0.25) is 5.02 Å². The maximum absolute atomic E-state index is 11.5. The zero-order chi connectivity index (χ0) is 13.2. The van der Waals surface area contributed by atoms with Gasteiger partial charge in [-0.3, -0.25) is 4.79 Å². The summed E-state index contributed by atoms with van der Waals surface area (Å²) in [5, 5.41) is 20.6. The second kappa shape index (κ2) is 5.29. The number of hydrogen-bond donors (Lipinski definition) is 2. The summed E-state index contributed by atoms with van der Waals surface area (Å²) in [4.78, 5) is 11.5. The molecule has 1 saturated carbocycles. The van der Waals surface area contributed by atoms with E-state index in [4.69, 9.17) is 11.6 Å². The smallest absolute Gasteiger partial charge is 0.313 e. The van der Waals surface area contributed by atoms with E-state index in [1.165, 1.54) is 0 Å². The van der Waals surface area contributed by atoms with Gasteiger partial charge in [0, 0.05) is 5.02 Å². The van der Waals surface area contributed by atoms with Gasteiger partial charge in [-0.05, 0) is 30.5 Å². The molecule has 0 heterocycles. The van der Waals surface area contributed by atoms with Crippen LogP contribution in [-0.2, 0) is 4.79 Å². The quantitative estimate of drug-likeness (QED) is 0.885. The molecule has 0 radical (unpaired) electrons. The number of aliphatic hydroxyl groups is 1. The first-order valence-corrected chi connectivity index (χ1v) is 6.61. The Morgan fingerprint density at radius 3 is 2.22 bits per heavy atom. The molecule has 1 unspecified atom stereocenters. The molecule has 0 aromatic heterocycles. The molecule has 1 aromatic rings. The predicted molar refractivity (Wildman–Crippen MR) is 69.9 cm³/mol. The van der Waals surface area contributed by atoms with Gasteiger partial charge < -0.3 is 10.2 Å². The Morgan fingerprint density at radius 1 is 1.17 bits per heavy atom. The molecule has 18 heavy (non-hydrogen) atoms. The second-order valence-electron chi connectivity index (χ2n) is 4.99. The number of hydrogen-bond acceptors (Lipinski definition) is 2. The minimum atomic E-state index is -1.13. The van der Waals surface area contributed by atoms with Crippen LogP contribution in [0.25, 0.3) is 0 Å². The van der Waals surface area contributed by atoms with E-state index in [1.807, 2.05) is 0 Å². The van der Waals surface area contributed by atoms with Crippen molar-refractivity contribution < 1.29 is 15.0 Å². The fourth-order valence-corrected chi connectivity index (χ4v) is 2.92. The van der Waals surface area contributed by atoms with Gasteiger partial charge in [0.05, 0.1) is 5.60 Å². The third kappa shape index (κ3) is 2.68. The Balaban J connectivity index is 2.33. The van der Waals surface area contributed by atoms with E-state index in [0.29, 0.717) is 23.4 Å². The highest BCUT2D eigenvalue weighted by atomic mass is 35.5. The lowest BCUT2D eigenvalue weighted by atomic mass is 9.73. The van der Waals surface area contributed by atoms with E-state index in [0.717, 1.165) is 19.3 Å². The van der Waals surface area contributed by atoms with Crippen LogP contribution in [0.3, 0.4) is 0 Å². The normalized spacial score (nSPS) is 20.3. The Hall–Kier alpha value is -1.06. The fourth-order valence-electron chi connectivity index (χ4n) is 2.79. The summed E-state index contributed by atoms with van der Waals surface area (Å²) in [5.41, 5.74) is -0.505. The van der Waals surface area contributed by atoms with Crippen LogP contribution in [0.5, 0.6) is 0 Å². The van der Waals surface area contributed by atoms with E-state index < -0.39 is 17.5 Å². The van der Waals surface area contributed by atoms with Crippen LogP contribution in [0.1, 0.15) is 43.6 Å². The van der Waals surface area contributed by atoms with E-state index >= 15 is 0 Å². The zero-order valence-corrected chi connectivity index (χ0v) is 10.9. The SMILES string of the molecule is O=C(O)C(c1ccc(Cl)cc1)C1(O)CCCCC1. The number of rotatable bonds is 3. The molecule has 0 aliphatic heterocycles. The predicted octanol–water partition coefficient (Wildman–Crippen LogP) is 3.20. The number of carboxylic acid groups (broad SMARTS) is 1. The first kappa shape index (κ1) is 13.4. The second-order valence-corrected chi connectivity index (χ2v) is 5.42. The summed E-state index contributed by atoms with van der Waals surface area (Å²) < 4.78 is 0. The number of carbonyl (C=O) groups is 1. The molecule has 0 bridgehead atoms. The molecule has 3 nitrogen and oxygen atoms in total. The zero-order valence-electron chi connectivity index (χ0n) is 10.1. The van der Waals surface area contributed by atoms with Crippen molar-refractivity contribution >= 4 is 17.6 Å². The van der Waals surface area contributed by atoms with Gasteiger partial charge in [0.15, 0.2) is 0 Å². The molecule has 1 aliphatic carbocycles. The third-order valence-electron chi connectivity index (χ3n) is 3.71. The molecule has 0 amide bonds. The van der Waals surface area contributed by atoms with Crippen LogP contribution >= 0.6 is 11.6 Å². The Bertz CT molecular complexity index is 421. The van der Waals surface area contributed by atoms with Crippen molar-refractivity contribution in [3.63, 3.8) is 0 Å². The topological polar surface area (TPSA) is 57.5 Å². The number of halogens is 1. The average Bonchev–Trinajstić information content (AvgIpc) is 2.32. The molecule has 0 spiro atoms. The number of benzene rings is 1. The molecule has 4 heteroatoms. The first-order chi connectivity index (χ1) is 8.53. The highest BCUT2D eigenvalue weighted by Crippen LogP contribution is 2.40. The lowest BCUT2D eigenvalue weighted by Gasteiger charge is -2.37. The fraction of sp³-hybridized carbons (Fsp3) is 0.500. The van der Waals surface area contributed by atoms with Crippen molar-refractivity contribution in [1.29, 1.82) is 0 Å². The summed E-state index contributed by atoms with van der Waals surface area (Å²) in [6, 6.07) is 6.71. The van der Waals surface area contributed by atoms with Gasteiger partial charge in [-0.2, -0.15) is 0 Å². The Morgan fingerprint density at radius 2 is 1.72 bits per heavy atom. The van der Waals surface area contributed by atoms with Gasteiger partial charge in [-0.15, -0.1) is 0 Å². The van der Waals surface area contributed by atoms with Crippen molar-refractivity contribution in [3.8, 4) is 0 Å². The lowest BCUT2D eigenvalue weighted by Crippen LogP contribution is -2.42. The van der Waals surface area contributed by atoms with Crippen LogP contribution in [0.15, 0.2) is 24.3 Å². The summed E-state index contributed by atoms with van der Waals surface area (Å²) in [5.74, 6) is -1.84. The molecule has 1 fully saturated rings. The lowest BCUT2D eigenvalue weighted by molar-refractivity contribution is -0.147. The highest BCUT2D eigenvalue weighted by Gasteiger charge is 2.43. The monoisotopic (exact) mass is 268 g/mol.